The average Bonchev–Trinajstić information content (AvgIpc) is 2.17. The Morgan fingerprint density at radius 1 is 1.54 bits per heavy atom. The second-order valence-electron chi connectivity index (χ2n) is 3.41. The Balaban J connectivity index is 2.69. The van der Waals surface area contributed by atoms with E-state index < -0.39 is 8.56 Å². The molecule has 13 heavy (non-hydrogen) atoms. The molecule has 1 aliphatic rings. The predicted molar refractivity (Wildman–Crippen MR) is 53.5 cm³/mol. The molecule has 0 radical (unpaired) electrons. The lowest BCUT2D eigenvalue weighted by molar-refractivity contribution is -0.0876. The maximum absolute atomic E-state index is 5.83. The molecule has 0 aromatic heterocycles. The van der Waals surface area contributed by atoms with Crippen molar-refractivity contribution in [2.24, 2.45) is 0 Å². The van der Waals surface area contributed by atoms with Crippen molar-refractivity contribution < 1.29 is 13.6 Å². The summed E-state index contributed by atoms with van der Waals surface area (Å²) in [6.07, 6.45) is 1.96. The van der Waals surface area contributed by atoms with E-state index in [1.54, 1.807) is 14.2 Å². The summed E-state index contributed by atoms with van der Waals surface area (Å²) in [6.45, 7) is 5.93. The first kappa shape index (κ1) is 10.9. The van der Waals surface area contributed by atoms with Gasteiger partial charge in [-0.05, 0) is 31.0 Å². The molecule has 1 fully saturated rings. The van der Waals surface area contributed by atoms with Gasteiger partial charge in [0.25, 0.3) is 0 Å². The first-order chi connectivity index (χ1) is 6.14. The maximum atomic E-state index is 5.83. The van der Waals surface area contributed by atoms with Crippen molar-refractivity contribution >= 4 is 8.56 Å². The molecule has 3 nitrogen and oxygen atoms in total. The molecule has 1 heterocycles. The van der Waals surface area contributed by atoms with Gasteiger partial charge in [-0.2, -0.15) is 0 Å². The molecule has 0 N–H and O–H groups in total. The summed E-state index contributed by atoms with van der Waals surface area (Å²) in [5.74, 6) is 0. The largest absolute Gasteiger partial charge is 0.394 e. The molecule has 0 spiro atoms. The van der Waals surface area contributed by atoms with Crippen LogP contribution in [-0.2, 0) is 13.6 Å². The van der Waals surface area contributed by atoms with Gasteiger partial charge in [-0.25, -0.2) is 0 Å². The Kier molecular flexibility index (Phi) is 3.67. The van der Waals surface area contributed by atoms with E-state index in [-0.39, 0.29) is 6.29 Å². The lowest BCUT2D eigenvalue weighted by atomic mass is 10.3. The van der Waals surface area contributed by atoms with E-state index in [9.17, 15) is 0 Å². The molecule has 0 aromatic carbocycles. The van der Waals surface area contributed by atoms with Crippen LogP contribution in [0.5, 0.6) is 0 Å². The average molecular weight is 202 g/mol. The van der Waals surface area contributed by atoms with E-state index in [1.807, 2.05) is 6.92 Å². The van der Waals surface area contributed by atoms with E-state index in [1.165, 1.54) is 0 Å². The number of hydrogen-bond acceptors (Lipinski definition) is 3. The lowest BCUT2D eigenvalue weighted by Crippen LogP contribution is -2.49. The van der Waals surface area contributed by atoms with E-state index in [2.05, 4.69) is 6.58 Å². The zero-order valence-corrected chi connectivity index (χ0v) is 9.63. The van der Waals surface area contributed by atoms with E-state index >= 15 is 0 Å². The number of methoxy groups -OCH3 is 1. The molecule has 0 saturated carbocycles. The fraction of sp³-hybridized carbons (Fsp3) is 0.778. The monoisotopic (exact) mass is 202 g/mol. The molecule has 76 valence electrons. The van der Waals surface area contributed by atoms with Crippen molar-refractivity contribution in [3.8, 4) is 0 Å². The van der Waals surface area contributed by atoms with Crippen LogP contribution in [0, 0.1) is 0 Å². The summed E-state index contributed by atoms with van der Waals surface area (Å²) in [7, 11) is 1.24. The van der Waals surface area contributed by atoms with Gasteiger partial charge < -0.3 is 13.6 Å². The fourth-order valence-electron chi connectivity index (χ4n) is 1.64. The molecule has 0 bridgehead atoms. The van der Waals surface area contributed by atoms with Crippen LogP contribution in [0.4, 0.5) is 0 Å². The Bertz CT molecular complexity index is 195. The number of hydrogen-bond donors (Lipinski definition) is 0. The molecular weight excluding hydrogens is 184 g/mol. The van der Waals surface area contributed by atoms with Crippen LogP contribution in [-0.4, -0.2) is 29.1 Å². The summed E-state index contributed by atoms with van der Waals surface area (Å²) in [6, 6.07) is 0.999. The van der Waals surface area contributed by atoms with Gasteiger partial charge in [0.2, 0.25) is 0 Å². The van der Waals surface area contributed by atoms with Crippen LogP contribution in [0.3, 0.4) is 0 Å². The van der Waals surface area contributed by atoms with E-state index in [4.69, 9.17) is 13.6 Å². The van der Waals surface area contributed by atoms with Crippen LogP contribution in [0.15, 0.2) is 11.8 Å². The third-order valence-electron chi connectivity index (χ3n) is 2.51. The van der Waals surface area contributed by atoms with Crippen LogP contribution in [0.25, 0.3) is 0 Å². The van der Waals surface area contributed by atoms with Gasteiger partial charge in [-0.1, -0.05) is 6.58 Å². The number of rotatable bonds is 3. The Morgan fingerprint density at radius 2 is 2.23 bits per heavy atom. The summed E-state index contributed by atoms with van der Waals surface area (Å²) in [5, 5.41) is 1.04. The third kappa shape index (κ3) is 2.20. The normalized spacial score (nSPS) is 34.5. The second kappa shape index (κ2) is 4.37. The Morgan fingerprint density at radius 3 is 2.69 bits per heavy atom. The summed E-state index contributed by atoms with van der Waals surface area (Å²) >= 11 is 0. The van der Waals surface area contributed by atoms with Gasteiger partial charge in [-0.15, -0.1) is 0 Å². The highest BCUT2D eigenvalue weighted by Gasteiger charge is 2.43. The molecule has 0 aromatic rings. The molecule has 0 aliphatic carbocycles. The smallest absolute Gasteiger partial charge is 0.369 e. The molecule has 1 rings (SSSR count). The van der Waals surface area contributed by atoms with Gasteiger partial charge in [0.1, 0.15) is 6.29 Å². The molecule has 2 unspecified atom stereocenters. The summed E-state index contributed by atoms with van der Waals surface area (Å²) in [4.78, 5) is 0. The fourth-order valence-corrected chi connectivity index (χ4v) is 4.34. The standard InChI is InChI=1S/C9H18O3Si/c1-8(2)13(11-4)7-5-6-9(10-3)12-13/h9H,1,5-7H2,2-4H3. The zero-order chi connectivity index (χ0) is 9.90. The number of allylic oxidation sites excluding steroid dienone is 1. The first-order valence-electron chi connectivity index (χ1n) is 4.56. The zero-order valence-electron chi connectivity index (χ0n) is 8.63. The minimum atomic E-state index is -2.14. The first-order valence-corrected chi connectivity index (χ1v) is 6.59. The molecular formula is C9H18O3Si. The predicted octanol–water partition coefficient (Wildman–Crippen LogP) is 1.97. The van der Waals surface area contributed by atoms with Crippen molar-refractivity contribution in [3.05, 3.63) is 11.8 Å². The summed E-state index contributed by atoms with van der Waals surface area (Å²) in [5.41, 5.74) is 0. The van der Waals surface area contributed by atoms with Crippen molar-refractivity contribution in [3.63, 3.8) is 0 Å². The topological polar surface area (TPSA) is 27.7 Å². The van der Waals surface area contributed by atoms with Gasteiger partial charge in [0.15, 0.2) is 0 Å². The highest BCUT2D eigenvalue weighted by molar-refractivity contribution is 6.74. The third-order valence-corrected chi connectivity index (χ3v) is 6.13. The van der Waals surface area contributed by atoms with Gasteiger partial charge in [-0.3, -0.25) is 0 Å². The minimum Gasteiger partial charge on any atom is -0.394 e. The molecule has 0 amide bonds. The van der Waals surface area contributed by atoms with E-state index in [0.717, 1.165) is 24.1 Å². The van der Waals surface area contributed by atoms with Crippen molar-refractivity contribution in [2.75, 3.05) is 14.2 Å². The Labute approximate surface area is 80.9 Å². The molecule has 2 atom stereocenters. The second-order valence-corrected chi connectivity index (χ2v) is 6.92. The van der Waals surface area contributed by atoms with Crippen molar-refractivity contribution in [1.29, 1.82) is 0 Å². The highest BCUT2D eigenvalue weighted by Crippen LogP contribution is 2.31. The van der Waals surface area contributed by atoms with Crippen LogP contribution in [0.2, 0.25) is 6.04 Å². The SMILES string of the molecule is C=C(C)[Si]1(OC)CCCC(OC)O1. The Hall–Kier alpha value is -0.163. The molecule has 1 aliphatic heterocycles. The van der Waals surface area contributed by atoms with Crippen molar-refractivity contribution in [2.45, 2.75) is 32.1 Å². The van der Waals surface area contributed by atoms with E-state index in [0.29, 0.717) is 0 Å². The highest BCUT2D eigenvalue weighted by atomic mass is 28.4. The van der Waals surface area contributed by atoms with Gasteiger partial charge >= 0.3 is 8.56 Å². The van der Waals surface area contributed by atoms with Crippen LogP contribution >= 0.6 is 0 Å². The van der Waals surface area contributed by atoms with Gasteiger partial charge in [0.05, 0.1) is 0 Å². The maximum Gasteiger partial charge on any atom is 0.369 e. The molecule has 4 heteroatoms. The van der Waals surface area contributed by atoms with Crippen LogP contribution in [0.1, 0.15) is 19.8 Å². The number of ether oxygens (including phenoxy) is 1. The molecule has 1 saturated heterocycles. The quantitative estimate of drug-likeness (QED) is 0.655. The van der Waals surface area contributed by atoms with Crippen LogP contribution < -0.4 is 0 Å². The lowest BCUT2D eigenvalue weighted by Gasteiger charge is -2.37. The van der Waals surface area contributed by atoms with Gasteiger partial charge in [0, 0.05) is 14.2 Å². The van der Waals surface area contributed by atoms with Crippen molar-refractivity contribution in [1.82, 2.24) is 0 Å². The summed E-state index contributed by atoms with van der Waals surface area (Å²) < 4.78 is 16.5. The minimum absolute atomic E-state index is 0.0999.